The lowest BCUT2D eigenvalue weighted by Crippen LogP contribution is -2.55. The zero-order valence-corrected chi connectivity index (χ0v) is 16.5. The van der Waals surface area contributed by atoms with E-state index < -0.39 is 57.5 Å². The van der Waals surface area contributed by atoms with E-state index >= 15 is 0 Å². The molecule has 1 aromatic rings. The molecule has 1 saturated heterocycles. The van der Waals surface area contributed by atoms with Gasteiger partial charge in [-0.25, -0.2) is 8.42 Å². The quantitative estimate of drug-likeness (QED) is 0.345. The fourth-order valence-corrected chi connectivity index (χ4v) is 5.36. The third kappa shape index (κ3) is 2.92. The normalized spacial score (nSPS) is 36.2. The van der Waals surface area contributed by atoms with Gasteiger partial charge in [0.05, 0.1) is 12.2 Å². The van der Waals surface area contributed by atoms with Gasteiger partial charge in [-0.05, 0) is 59.4 Å². The fraction of sp³-hybridized carbons (Fsp3) is 0.625. The van der Waals surface area contributed by atoms with Crippen LogP contribution in [-0.2, 0) is 19.6 Å². The van der Waals surface area contributed by atoms with Crippen LogP contribution in [0.3, 0.4) is 0 Å². The van der Waals surface area contributed by atoms with Gasteiger partial charge in [0.1, 0.15) is 0 Å². The van der Waals surface area contributed by atoms with E-state index in [1.807, 2.05) is 12.1 Å². The second-order valence-electron chi connectivity index (χ2n) is 7.18. The Kier molecular flexibility index (Phi) is 4.58. The van der Waals surface area contributed by atoms with Crippen LogP contribution in [0.4, 0.5) is 17.6 Å². The van der Waals surface area contributed by atoms with Gasteiger partial charge in [-0.1, -0.05) is 12.1 Å². The minimum Gasteiger partial charge on any atom is -0.743 e. The molecule has 1 heterocycles. The highest BCUT2D eigenvalue weighted by Gasteiger charge is 2.72. The summed E-state index contributed by atoms with van der Waals surface area (Å²) >= 11 is 2.12. The maximum Gasteiger partial charge on any atom is 0.396 e. The predicted molar refractivity (Wildman–Crippen MR) is 90.9 cm³/mol. The average molecular weight is 521 g/mol. The maximum absolute atomic E-state index is 14.4. The first-order valence-electron chi connectivity index (χ1n) is 8.21. The van der Waals surface area contributed by atoms with Crippen LogP contribution >= 0.6 is 22.6 Å². The van der Waals surface area contributed by atoms with Gasteiger partial charge >= 0.3 is 11.2 Å². The van der Waals surface area contributed by atoms with Gasteiger partial charge in [0, 0.05) is 15.1 Å². The summed E-state index contributed by atoms with van der Waals surface area (Å²) in [6.45, 7) is 0. The second kappa shape index (κ2) is 6.25. The number of rotatable bonds is 4. The molecule has 0 amide bonds. The largest absolute Gasteiger partial charge is 0.743 e. The molecule has 3 fully saturated rings. The topological polar surface area (TPSA) is 75.7 Å². The molecule has 4 rings (SSSR count). The van der Waals surface area contributed by atoms with Crippen LogP contribution in [0.15, 0.2) is 24.3 Å². The van der Waals surface area contributed by atoms with E-state index in [0.29, 0.717) is 5.56 Å². The Morgan fingerprint density at radius 3 is 2.22 bits per heavy atom. The third-order valence-electron chi connectivity index (χ3n) is 5.73. The third-order valence-corrected chi connectivity index (χ3v) is 7.35. The zero-order valence-electron chi connectivity index (χ0n) is 13.5. The molecule has 0 radical (unpaired) electrons. The molecule has 0 spiro atoms. The van der Waals surface area contributed by atoms with Crippen molar-refractivity contribution in [2.24, 2.45) is 17.8 Å². The van der Waals surface area contributed by atoms with Crippen molar-refractivity contribution in [1.29, 1.82) is 0 Å². The lowest BCUT2D eigenvalue weighted by atomic mass is 9.81. The molecule has 0 N–H and O–H groups in total. The van der Waals surface area contributed by atoms with Crippen LogP contribution in [-0.4, -0.2) is 36.4 Å². The van der Waals surface area contributed by atoms with Crippen molar-refractivity contribution >= 4 is 32.7 Å². The van der Waals surface area contributed by atoms with Crippen LogP contribution in [0.2, 0.25) is 0 Å². The van der Waals surface area contributed by atoms with Crippen molar-refractivity contribution in [3.05, 3.63) is 33.4 Å². The number of hydrogen-bond donors (Lipinski definition) is 0. The molecular weight excluding hydrogens is 507 g/mol. The second-order valence-corrected chi connectivity index (χ2v) is 9.85. The Bertz CT molecular complexity index is 847. The summed E-state index contributed by atoms with van der Waals surface area (Å²) in [6.07, 6.45) is -2.31. The summed E-state index contributed by atoms with van der Waals surface area (Å²) in [5, 5.41) is -5.67. The Morgan fingerprint density at radius 1 is 1.04 bits per heavy atom. The van der Waals surface area contributed by atoms with Crippen molar-refractivity contribution in [2.45, 2.75) is 42.5 Å². The monoisotopic (exact) mass is 521 g/mol. The number of alkyl halides is 4. The van der Waals surface area contributed by atoms with Crippen molar-refractivity contribution < 1.29 is 40.0 Å². The van der Waals surface area contributed by atoms with E-state index in [9.17, 15) is 30.5 Å². The molecule has 2 aliphatic carbocycles. The molecule has 150 valence electrons. The highest BCUT2D eigenvalue weighted by atomic mass is 127. The first-order valence-corrected chi connectivity index (χ1v) is 10.7. The number of benzene rings is 1. The predicted octanol–water partition coefficient (Wildman–Crippen LogP) is 3.50. The van der Waals surface area contributed by atoms with E-state index in [4.69, 9.17) is 9.47 Å². The van der Waals surface area contributed by atoms with Crippen molar-refractivity contribution in [2.75, 3.05) is 0 Å². The van der Waals surface area contributed by atoms with E-state index in [2.05, 4.69) is 22.6 Å². The lowest BCUT2D eigenvalue weighted by Gasteiger charge is -2.38. The van der Waals surface area contributed by atoms with Gasteiger partial charge in [0.25, 0.3) is 0 Å². The molecule has 3 aliphatic rings. The van der Waals surface area contributed by atoms with Crippen molar-refractivity contribution in [3.63, 3.8) is 0 Å². The van der Waals surface area contributed by atoms with Crippen LogP contribution in [0.25, 0.3) is 0 Å². The van der Waals surface area contributed by atoms with E-state index in [-0.39, 0.29) is 12.8 Å². The highest BCUT2D eigenvalue weighted by Crippen LogP contribution is 2.62. The van der Waals surface area contributed by atoms with Gasteiger partial charge in [-0.15, -0.1) is 0 Å². The summed E-state index contributed by atoms with van der Waals surface area (Å²) in [7, 11) is -6.50. The molecule has 2 saturated carbocycles. The molecule has 11 heteroatoms. The van der Waals surface area contributed by atoms with Gasteiger partial charge in [-0.3, -0.25) is 0 Å². The summed E-state index contributed by atoms with van der Waals surface area (Å²) < 4.78 is 101. The lowest BCUT2D eigenvalue weighted by molar-refractivity contribution is -0.211. The highest BCUT2D eigenvalue weighted by molar-refractivity contribution is 14.1. The Morgan fingerprint density at radius 2 is 1.63 bits per heavy atom. The van der Waals surface area contributed by atoms with Crippen LogP contribution in [0.1, 0.15) is 24.7 Å². The van der Waals surface area contributed by atoms with Crippen LogP contribution < -0.4 is 0 Å². The van der Waals surface area contributed by atoms with Gasteiger partial charge in [-0.2, -0.15) is 17.6 Å². The minimum atomic E-state index is -6.50. The molecule has 5 nitrogen and oxygen atoms in total. The summed E-state index contributed by atoms with van der Waals surface area (Å²) in [5.74, 6) is -8.38. The van der Waals surface area contributed by atoms with Gasteiger partial charge in [0.2, 0.25) is 0 Å². The standard InChI is InChI=1S/C16H15F4IO5S/c17-15(18,16(19,20)27(22,23)24)11-6-8-5-10(11)13-12(8)25-14(26-13)7-1-3-9(21)4-2-7/h1-4,8,10-14H,5-6H2,(H,22,23,24)/p-1. The number of halogens is 5. The summed E-state index contributed by atoms with van der Waals surface area (Å²) in [6, 6.07) is 7.17. The minimum absolute atomic E-state index is 0.171. The molecule has 6 unspecified atom stereocenters. The smallest absolute Gasteiger partial charge is 0.396 e. The SMILES string of the molecule is O=S(=O)([O-])C(F)(F)C(F)(F)C1CC2CC1C1OC(c3ccc(I)cc3)OC21. The zero-order chi connectivity index (χ0) is 19.8. The van der Waals surface area contributed by atoms with E-state index in [0.717, 1.165) is 3.57 Å². The van der Waals surface area contributed by atoms with Crippen LogP contribution in [0, 0.1) is 21.3 Å². The molecule has 6 atom stereocenters. The Balaban J connectivity index is 1.57. The number of fused-ring (bicyclic) bond motifs is 5. The van der Waals surface area contributed by atoms with E-state index in [1.54, 1.807) is 12.1 Å². The first-order chi connectivity index (χ1) is 12.4. The molecule has 2 bridgehead atoms. The first kappa shape index (κ1) is 19.8. The molecular formula is C16H14F4IO5S-. The average Bonchev–Trinajstić information content (AvgIpc) is 3.25. The summed E-state index contributed by atoms with van der Waals surface area (Å²) in [5.41, 5.74) is 0.681. The molecule has 1 aliphatic heterocycles. The van der Waals surface area contributed by atoms with Crippen molar-refractivity contribution in [3.8, 4) is 0 Å². The summed E-state index contributed by atoms with van der Waals surface area (Å²) in [4.78, 5) is 0. The van der Waals surface area contributed by atoms with E-state index in [1.165, 1.54) is 0 Å². The fourth-order valence-electron chi connectivity index (χ4n) is 4.52. The number of ether oxygens (including phenoxy) is 2. The number of hydrogen-bond acceptors (Lipinski definition) is 5. The molecule has 1 aromatic carbocycles. The Labute approximate surface area is 166 Å². The molecule has 0 aromatic heterocycles. The Hall–Kier alpha value is -0.500. The van der Waals surface area contributed by atoms with Crippen LogP contribution in [0.5, 0.6) is 0 Å². The van der Waals surface area contributed by atoms with Crippen molar-refractivity contribution in [1.82, 2.24) is 0 Å². The van der Waals surface area contributed by atoms with Gasteiger partial charge < -0.3 is 14.0 Å². The maximum atomic E-state index is 14.4. The molecule has 27 heavy (non-hydrogen) atoms. The van der Waals surface area contributed by atoms with Gasteiger partial charge in [0.15, 0.2) is 16.4 Å².